The molecule has 1 aliphatic rings. The summed E-state index contributed by atoms with van der Waals surface area (Å²) in [5.74, 6) is -0.200. The molecule has 1 aliphatic heterocycles. The normalized spacial score (nSPS) is 23.4. The van der Waals surface area contributed by atoms with Crippen LogP contribution < -0.4 is 10.2 Å². The highest BCUT2D eigenvalue weighted by Crippen LogP contribution is 2.25. The zero-order valence-corrected chi connectivity index (χ0v) is 11.8. The Morgan fingerprint density at radius 2 is 2.11 bits per heavy atom. The second-order valence-electron chi connectivity index (χ2n) is 4.71. The van der Waals surface area contributed by atoms with Gasteiger partial charge in [-0.05, 0) is 31.5 Å². The van der Waals surface area contributed by atoms with Crippen molar-refractivity contribution in [1.29, 1.82) is 0 Å². The van der Waals surface area contributed by atoms with Crippen molar-refractivity contribution in [3.05, 3.63) is 29.3 Å². The molecule has 2 rings (SSSR count). The number of carbonyl (C=O) groups is 2. The van der Waals surface area contributed by atoms with Crippen molar-refractivity contribution in [2.45, 2.75) is 38.8 Å². The van der Waals surface area contributed by atoms with Crippen molar-refractivity contribution < 1.29 is 9.59 Å². The fourth-order valence-corrected chi connectivity index (χ4v) is 2.48. The van der Waals surface area contributed by atoms with Crippen LogP contribution in [-0.2, 0) is 9.59 Å². The molecule has 1 saturated heterocycles. The number of carbonyl (C=O) groups excluding carboxylic acids is 2. The van der Waals surface area contributed by atoms with Crippen LogP contribution in [0.1, 0.15) is 26.7 Å². The first-order valence-electron chi connectivity index (χ1n) is 6.43. The second kappa shape index (κ2) is 5.61. The number of halogens is 1. The van der Waals surface area contributed by atoms with Crippen LogP contribution >= 0.6 is 11.6 Å². The third kappa shape index (κ3) is 2.73. The summed E-state index contributed by atoms with van der Waals surface area (Å²) < 4.78 is 0. The molecule has 0 bridgehead atoms. The molecule has 0 aromatic heterocycles. The predicted octanol–water partition coefficient (Wildman–Crippen LogP) is 2.36. The van der Waals surface area contributed by atoms with Crippen molar-refractivity contribution in [3.8, 4) is 0 Å². The standard InChI is InChI=1S/C14H17ClN2O2/c1-3-5-12-14(19)17(9(2)13(18)16-12)11-7-4-6-10(15)8-11/h4,6-9,12H,3,5H2,1-2H3,(H,16,18). The average molecular weight is 281 g/mol. The molecule has 1 N–H and O–H groups in total. The van der Waals surface area contributed by atoms with E-state index in [9.17, 15) is 9.59 Å². The van der Waals surface area contributed by atoms with Crippen molar-refractivity contribution in [3.63, 3.8) is 0 Å². The van der Waals surface area contributed by atoms with E-state index in [0.717, 1.165) is 6.42 Å². The minimum absolute atomic E-state index is 0.0729. The summed E-state index contributed by atoms with van der Waals surface area (Å²) in [5.41, 5.74) is 0.668. The predicted molar refractivity (Wildman–Crippen MR) is 75.2 cm³/mol. The number of rotatable bonds is 3. The molecular weight excluding hydrogens is 264 g/mol. The Hall–Kier alpha value is -1.55. The number of hydrogen-bond acceptors (Lipinski definition) is 2. The minimum atomic E-state index is -0.515. The van der Waals surface area contributed by atoms with E-state index in [0.29, 0.717) is 17.1 Å². The quantitative estimate of drug-likeness (QED) is 0.924. The van der Waals surface area contributed by atoms with Crippen molar-refractivity contribution in [2.24, 2.45) is 0 Å². The van der Waals surface area contributed by atoms with E-state index in [4.69, 9.17) is 11.6 Å². The van der Waals surface area contributed by atoms with E-state index < -0.39 is 12.1 Å². The van der Waals surface area contributed by atoms with Gasteiger partial charge in [0.2, 0.25) is 11.8 Å². The highest BCUT2D eigenvalue weighted by molar-refractivity contribution is 6.31. The maximum absolute atomic E-state index is 12.5. The molecule has 0 spiro atoms. The number of benzene rings is 1. The lowest BCUT2D eigenvalue weighted by molar-refractivity contribution is -0.133. The lowest BCUT2D eigenvalue weighted by Crippen LogP contribution is -2.62. The average Bonchev–Trinajstić information content (AvgIpc) is 2.36. The molecule has 1 heterocycles. The van der Waals surface area contributed by atoms with Gasteiger partial charge in [0.05, 0.1) is 0 Å². The highest BCUT2D eigenvalue weighted by atomic mass is 35.5. The maximum Gasteiger partial charge on any atom is 0.250 e. The third-order valence-corrected chi connectivity index (χ3v) is 3.52. The van der Waals surface area contributed by atoms with Gasteiger partial charge < -0.3 is 5.32 Å². The van der Waals surface area contributed by atoms with Crippen LogP contribution in [0.25, 0.3) is 0 Å². The Balaban J connectivity index is 2.35. The first-order valence-corrected chi connectivity index (χ1v) is 6.81. The van der Waals surface area contributed by atoms with Gasteiger partial charge in [0, 0.05) is 10.7 Å². The third-order valence-electron chi connectivity index (χ3n) is 3.28. The molecular formula is C14H17ClN2O2. The van der Waals surface area contributed by atoms with Gasteiger partial charge in [-0.2, -0.15) is 0 Å². The second-order valence-corrected chi connectivity index (χ2v) is 5.15. The highest BCUT2D eigenvalue weighted by Gasteiger charge is 2.38. The summed E-state index contributed by atoms with van der Waals surface area (Å²) in [5, 5.41) is 3.32. The zero-order chi connectivity index (χ0) is 14.0. The van der Waals surface area contributed by atoms with Gasteiger partial charge in [0.25, 0.3) is 0 Å². The molecule has 2 atom stereocenters. The number of anilines is 1. The molecule has 1 aromatic rings. The number of nitrogens with zero attached hydrogens (tertiary/aromatic N) is 1. The number of hydrogen-bond donors (Lipinski definition) is 1. The van der Waals surface area contributed by atoms with Crippen LogP contribution in [0.3, 0.4) is 0 Å². The molecule has 0 saturated carbocycles. The van der Waals surface area contributed by atoms with Gasteiger partial charge in [0.1, 0.15) is 12.1 Å². The lowest BCUT2D eigenvalue weighted by atomic mass is 10.0. The Morgan fingerprint density at radius 3 is 2.74 bits per heavy atom. The van der Waals surface area contributed by atoms with Crippen LogP contribution in [0.5, 0.6) is 0 Å². The van der Waals surface area contributed by atoms with Crippen LogP contribution in [0.15, 0.2) is 24.3 Å². The van der Waals surface area contributed by atoms with Gasteiger partial charge in [-0.15, -0.1) is 0 Å². The van der Waals surface area contributed by atoms with Gasteiger partial charge >= 0.3 is 0 Å². The van der Waals surface area contributed by atoms with Gasteiger partial charge in [-0.3, -0.25) is 14.5 Å². The van der Waals surface area contributed by atoms with E-state index in [1.54, 1.807) is 31.2 Å². The first kappa shape index (κ1) is 13.9. The van der Waals surface area contributed by atoms with Gasteiger partial charge in [-0.1, -0.05) is 31.0 Å². The van der Waals surface area contributed by atoms with E-state index in [2.05, 4.69) is 5.32 Å². The molecule has 2 amide bonds. The largest absolute Gasteiger partial charge is 0.342 e. The monoisotopic (exact) mass is 280 g/mol. The Kier molecular flexibility index (Phi) is 4.10. The van der Waals surface area contributed by atoms with Crippen LogP contribution in [0.4, 0.5) is 5.69 Å². The summed E-state index contributed by atoms with van der Waals surface area (Å²) in [4.78, 5) is 25.9. The van der Waals surface area contributed by atoms with Gasteiger partial charge in [-0.25, -0.2) is 0 Å². The van der Waals surface area contributed by atoms with E-state index in [1.165, 1.54) is 4.90 Å². The molecule has 0 radical (unpaired) electrons. The Labute approximate surface area is 117 Å². The zero-order valence-electron chi connectivity index (χ0n) is 11.0. The maximum atomic E-state index is 12.5. The van der Waals surface area contributed by atoms with Crippen molar-refractivity contribution in [2.75, 3.05) is 4.90 Å². The number of amides is 2. The fraction of sp³-hybridized carbons (Fsp3) is 0.429. The molecule has 5 heteroatoms. The van der Waals surface area contributed by atoms with E-state index in [-0.39, 0.29) is 11.8 Å². The molecule has 102 valence electrons. The molecule has 1 fully saturated rings. The minimum Gasteiger partial charge on any atom is -0.342 e. The van der Waals surface area contributed by atoms with Crippen LogP contribution in [0, 0.1) is 0 Å². The molecule has 0 aliphatic carbocycles. The molecule has 2 unspecified atom stereocenters. The smallest absolute Gasteiger partial charge is 0.250 e. The SMILES string of the molecule is CCCC1NC(=O)C(C)N(c2cccc(Cl)c2)C1=O. The lowest BCUT2D eigenvalue weighted by Gasteiger charge is -2.37. The first-order chi connectivity index (χ1) is 9.04. The summed E-state index contributed by atoms with van der Waals surface area (Å²) in [6, 6.07) is 6.07. The summed E-state index contributed by atoms with van der Waals surface area (Å²) in [6.07, 6.45) is 1.49. The van der Waals surface area contributed by atoms with Crippen molar-refractivity contribution >= 4 is 29.1 Å². The van der Waals surface area contributed by atoms with E-state index in [1.807, 2.05) is 6.92 Å². The summed E-state index contributed by atoms with van der Waals surface area (Å²) >= 11 is 5.95. The van der Waals surface area contributed by atoms with Crippen LogP contribution in [0.2, 0.25) is 5.02 Å². The molecule has 4 nitrogen and oxygen atoms in total. The fourth-order valence-electron chi connectivity index (χ4n) is 2.29. The number of piperazine rings is 1. The Morgan fingerprint density at radius 1 is 1.37 bits per heavy atom. The van der Waals surface area contributed by atoms with Crippen LogP contribution in [-0.4, -0.2) is 23.9 Å². The van der Waals surface area contributed by atoms with Crippen molar-refractivity contribution in [1.82, 2.24) is 5.32 Å². The van der Waals surface area contributed by atoms with Gasteiger partial charge in [0.15, 0.2) is 0 Å². The number of nitrogens with one attached hydrogen (secondary N) is 1. The Bertz CT molecular complexity index is 504. The summed E-state index contributed by atoms with van der Waals surface area (Å²) in [7, 11) is 0. The molecule has 19 heavy (non-hydrogen) atoms. The topological polar surface area (TPSA) is 49.4 Å². The van der Waals surface area contributed by atoms with E-state index >= 15 is 0 Å². The summed E-state index contributed by atoms with van der Waals surface area (Å²) in [6.45, 7) is 3.71. The molecule has 1 aromatic carbocycles.